The Balaban J connectivity index is 2.96. The van der Waals surface area contributed by atoms with Gasteiger partial charge in [-0.3, -0.25) is 9.69 Å². The number of urea groups is 1. The number of carbonyl (C=O) groups excluding carboxylic acids is 2. The van der Waals surface area contributed by atoms with Crippen LogP contribution in [0.1, 0.15) is 0 Å². The molecule has 0 saturated carbocycles. The molecule has 0 atom stereocenters. The molecule has 1 rings (SSSR count). The molecule has 1 N–H and O–H groups in total. The van der Waals surface area contributed by atoms with E-state index in [9.17, 15) is 18.0 Å². The second kappa shape index (κ2) is 2.19. The van der Waals surface area contributed by atoms with Gasteiger partial charge in [-0.15, -0.1) is 0 Å². The summed E-state index contributed by atoms with van der Waals surface area (Å²) in [5, 5.41) is 0. The summed E-state index contributed by atoms with van der Waals surface area (Å²) in [6, 6.07) is -0.902. The summed E-state index contributed by atoms with van der Waals surface area (Å²) in [7, 11) is -2.49. The first-order chi connectivity index (χ1) is 4.92. The molecule has 62 valence electrons. The van der Waals surface area contributed by atoms with Gasteiger partial charge in [0.25, 0.3) is 0 Å². The first-order valence-electron chi connectivity index (χ1n) is 2.73. The van der Waals surface area contributed by atoms with E-state index in [0.717, 1.165) is 4.90 Å². The second-order valence-corrected chi connectivity index (χ2v) is 3.84. The van der Waals surface area contributed by atoms with Crippen molar-refractivity contribution in [3.63, 3.8) is 0 Å². The minimum Gasteiger partial charge on any atom is -0.273 e. The topological polar surface area (TPSA) is 83.6 Å². The molecule has 1 fully saturated rings. The van der Waals surface area contributed by atoms with Crippen LogP contribution in [0.3, 0.4) is 0 Å². The van der Waals surface area contributed by atoms with Gasteiger partial charge in [0.1, 0.15) is 5.75 Å². The van der Waals surface area contributed by atoms with E-state index in [1.165, 1.54) is 7.05 Å². The van der Waals surface area contributed by atoms with E-state index in [0.29, 0.717) is 0 Å². The fraction of sp³-hybridized carbons (Fsp3) is 0.500. The van der Waals surface area contributed by atoms with Gasteiger partial charge in [-0.1, -0.05) is 0 Å². The first-order valence-corrected chi connectivity index (χ1v) is 4.38. The highest BCUT2D eigenvalue weighted by Gasteiger charge is 2.31. The number of hydrogen-bond acceptors (Lipinski definition) is 4. The fourth-order valence-corrected chi connectivity index (χ4v) is 1.60. The van der Waals surface area contributed by atoms with Crippen LogP contribution in [-0.2, 0) is 14.8 Å². The highest BCUT2D eigenvalue weighted by atomic mass is 32.2. The average molecular weight is 178 g/mol. The molecule has 0 aromatic heterocycles. The van der Waals surface area contributed by atoms with Crippen LogP contribution in [0.5, 0.6) is 0 Å². The van der Waals surface area contributed by atoms with Crippen molar-refractivity contribution in [3.05, 3.63) is 0 Å². The number of amides is 3. The van der Waals surface area contributed by atoms with Crippen molar-refractivity contribution >= 4 is 22.0 Å². The lowest BCUT2D eigenvalue weighted by Crippen LogP contribution is -2.53. The van der Waals surface area contributed by atoms with Crippen molar-refractivity contribution < 1.29 is 18.0 Å². The maximum absolute atomic E-state index is 10.7. The molecular weight excluding hydrogens is 172 g/mol. The molecule has 1 aliphatic heterocycles. The lowest BCUT2D eigenvalue weighted by Gasteiger charge is -2.20. The molecule has 0 aromatic carbocycles. The van der Waals surface area contributed by atoms with Gasteiger partial charge in [0.05, 0.1) is 0 Å². The Bertz CT molecular complexity index is 282. The molecule has 0 aliphatic carbocycles. The monoisotopic (exact) mass is 178 g/mol. The van der Waals surface area contributed by atoms with Gasteiger partial charge in [0.15, 0.2) is 0 Å². The summed E-state index contributed by atoms with van der Waals surface area (Å²) in [5.74, 6) is -1.37. The smallest absolute Gasteiger partial charge is 0.273 e. The van der Waals surface area contributed by atoms with Crippen LogP contribution in [-0.4, -0.2) is 38.1 Å². The van der Waals surface area contributed by atoms with Crippen molar-refractivity contribution in [2.45, 2.75) is 0 Å². The van der Waals surface area contributed by atoms with Gasteiger partial charge in [-0.25, -0.2) is 17.9 Å². The fourth-order valence-electron chi connectivity index (χ4n) is 0.610. The lowest BCUT2D eigenvalue weighted by molar-refractivity contribution is -0.124. The maximum atomic E-state index is 10.7. The van der Waals surface area contributed by atoms with Crippen LogP contribution >= 0.6 is 0 Å². The Morgan fingerprint density at radius 1 is 1.45 bits per heavy atom. The number of sulfonamides is 1. The highest BCUT2D eigenvalue weighted by molar-refractivity contribution is 7.90. The molecule has 3 amide bonds. The molecule has 0 bridgehead atoms. The second-order valence-electron chi connectivity index (χ2n) is 2.12. The molecule has 7 heteroatoms. The zero-order chi connectivity index (χ0) is 8.65. The molecule has 0 spiro atoms. The van der Waals surface area contributed by atoms with E-state index >= 15 is 0 Å². The van der Waals surface area contributed by atoms with Crippen LogP contribution in [0.4, 0.5) is 4.79 Å². The molecule has 1 heterocycles. The lowest BCUT2D eigenvalue weighted by atomic mass is 10.6. The first kappa shape index (κ1) is 7.99. The summed E-state index contributed by atoms with van der Waals surface area (Å²) < 4.78 is 22.9. The molecule has 11 heavy (non-hydrogen) atoms. The Morgan fingerprint density at radius 2 is 2.00 bits per heavy atom. The van der Waals surface area contributed by atoms with E-state index < -0.39 is 27.7 Å². The van der Waals surface area contributed by atoms with Crippen molar-refractivity contribution in [2.24, 2.45) is 0 Å². The van der Waals surface area contributed by atoms with Gasteiger partial charge < -0.3 is 0 Å². The van der Waals surface area contributed by atoms with Crippen molar-refractivity contribution in [1.29, 1.82) is 0 Å². The maximum Gasteiger partial charge on any atom is 0.337 e. The third-order valence-corrected chi connectivity index (χ3v) is 2.35. The number of carbonyl (C=O) groups is 2. The third kappa shape index (κ3) is 1.48. The minimum atomic E-state index is -3.70. The van der Waals surface area contributed by atoms with Gasteiger partial charge >= 0.3 is 6.03 Å². The van der Waals surface area contributed by atoms with Crippen LogP contribution in [0.2, 0.25) is 0 Å². The van der Waals surface area contributed by atoms with E-state index in [2.05, 4.69) is 0 Å². The van der Waals surface area contributed by atoms with Crippen LogP contribution in [0.25, 0.3) is 0 Å². The summed E-state index contributed by atoms with van der Waals surface area (Å²) in [4.78, 5) is 22.1. The molecule has 0 unspecified atom stereocenters. The molecule has 1 aliphatic rings. The Hall–Kier alpha value is -1.11. The largest absolute Gasteiger partial charge is 0.337 e. The minimum absolute atomic E-state index is 0.658. The van der Waals surface area contributed by atoms with Gasteiger partial charge in [-0.05, 0) is 0 Å². The Morgan fingerprint density at radius 3 is 2.45 bits per heavy atom. The number of hydrogen-bond donors (Lipinski definition) is 1. The predicted octanol–water partition coefficient (Wildman–Crippen LogP) is -1.50. The SMILES string of the molecule is CN1C(=O)CS(=O)(=O)NC1=O. The van der Waals surface area contributed by atoms with Gasteiger partial charge in [0, 0.05) is 7.05 Å². The molecule has 6 nitrogen and oxygen atoms in total. The van der Waals surface area contributed by atoms with E-state index in [4.69, 9.17) is 0 Å². The van der Waals surface area contributed by atoms with Crippen LogP contribution in [0, 0.1) is 0 Å². The third-order valence-electron chi connectivity index (χ3n) is 1.24. The average Bonchev–Trinajstić information content (AvgIpc) is 1.81. The molecule has 0 radical (unpaired) electrons. The van der Waals surface area contributed by atoms with E-state index in [1.807, 2.05) is 0 Å². The van der Waals surface area contributed by atoms with Crippen LogP contribution in [0.15, 0.2) is 0 Å². The van der Waals surface area contributed by atoms with Crippen LogP contribution < -0.4 is 4.72 Å². The molecular formula is C4H6N2O4S. The predicted molar refractivity (Wildman–Crippen MR) is 35.1 cm³/mol. The zero-order valence-corrected chi connectivity index (χ0v) is 6.51. The van der Waals surface area contributed by atoms with Gasteiger partial charge in [0.2, 0.25) is 15.9 Å². The quantitative estimate of drug-likeness (QED) is 0.489. The van der Waals surface area contributed by atoms with E-state index in [1.54, 1.807) is 4.72 Å². The number of nitrogens with one attached hydrogen (secondary N) is 1. The van der Waals surface area contributed by atoms with Crippen molar-refractivity contribution in [1.82, 2.24) is 9.62 Å². The summed E-state index contributed by atoms with van der Waals surface area (Å²) in [5.41, 5.74) is 0. The summed E-state index contributed by atoms with van der Waals surface area (Å²) in [6.07, 6.45) is 0. The highest BCUT2D eigenvalue weighted by Crippen LogP contribution is 1.99. The van der Waals surface area contributed by atoms with Crippen molar-refractivity contribution in [3.8, 4) is 0 Å². The summed E-state index contributed by atoms with van der Waals surface area (Å²) in [6.45, 7) is 0. The number of nitrogens with zero attached hydrogens (tertiary/aromatic N) is 1. The molecule has 1 saturated heterocycles. The van der Waals surface area contributed by atoms with E-state index in [-0.39, 0.29) is 0 Å². The Labute approximate surface area is 63.2 Å². The zero-order valence-electron chi connectivity index (χ0n) is 5.70. The number of imide groups is 1. The molecule has 0 aromatic rings. The number of rotatable bonds is 0. The van der Waals surface area contributed by atoms with Crippen molar-refractivity contribution in [2.75, 3.05) is 12.8 Å². The summed E-state index contributed by atoms with van der Waals surface area (Å²) >= 11 is 0. The standard InChI is InChI=1S/C4H6N2O4S/c1-6-3(7)2-11(9,10)5-4(6)8/h2H2,1H3,(H,5,8). The van der Waals surface area contributed by atoms with Gasteiger partial charge in [-0.2, -0.15) is 0 Å². The Kier molecular flexibility index (Phi) is 1.59. The normalized spacial score (nSPS) is 23.2.